The van der Waals surface area contributed by atoms with Crippen molar-refractivity contribution in [2.75, 3.05) is 6.61 Å². The lowest BCUT2D eigenvalue weighted by Gasteiger charge is -2.23. The quantitative estimate of drug-likeness (QED) is 0.651. The van der Waals surface area contributed by atoms with Gasteiger partial charge in [0.2, 0.25) is 0 Å². The Morgan fingerprint density at radius 2 is 1.79 bits per heavy atom. The van der Waals surface area contributed by atoms with Crippen LogP contribution in [0.3, 0.4) is 0 Å². The molecule has 1 aromatic rings. The van der Waals surface area contributed by atoms with Crippen LogP contribution >= 0.6 is 0 Å². The van der Waals surface area contributed by atoms with Crippen molar-refractivity contribution in [3.05, 3.63) is 35.9 Å². The molecule has 1 nitrogen and oxygen atoms in total. The van der Waals surface area contributed by atoms with Crippen LogP contribution < -0.4 is 0 Å². The normalized spacial score (nSPS) is 26.2. The molecule has 0 amide bonds. The van der Waals surface area contributed by atoms with Crippen LogP contribution in [0.15, 0.2) is 30.3 Å². The number of epoxide rings is 1. The third-order valence-corrected chi connectivity index (χ3v) is 2.61. The van der Waals surface area contributed by atoms with Gasteiger partial charge in [-0.05, 0) is 17.4 Å². The molecule has 0 saturated carbocycles. The summed E-state index contributed by atoms with van der Waals surface area (Å²) < 4.78 is 5.66. The van der Waals surface area contributed by atoms with Crippen LogP contribution in [-0.2, 0) is 10.3 Å². The summed E-state index contributed by atoms with van der Waals surface area (Å²) in [6.07, 6.45) is 1.10. The Hall–Kier alpha value is -0.820. The predicted octanol–water partition coefficient (Wildman–Crippen LogP) is 3.35. The van der Waals surface area contributed by atoms with E-state index in [1.807, 2.05) is 0 Å². The first-order valence-corrected chi connectivity index (χ1v) is 5.21. The third-order valence-electron chi connectivity index (χ3n) is 2.61. The summed E-state index contributed by atoms with van der Waals surface area (Å²) in [5.74, 6) is 0. The molecular weight excluding hydrogens is 172 g/mol. The minimum Gasteiger partial charge on any atom is -0.364 e. The van der Waals surface area contributed by atoms with E-state index in [2.05, 4.69) is 51.1 Å². The summed E-state index contributed by atoms with van der Waals surface area (Å²) in [5, 5.41) is 0. The van der Waals surface area contributed by atoms with Crippen molar-refractivity contribution < 1.29 is 4.74 Å². The van der Waals surface area contributed by atoms with Crippen LogP contribution in [0.5, 0.6) is 0 Å². The second-order valence-electron chi connectivity index (χ2n) is 5.39. The summed E-state index contributed by atoms with van der Waals surface area (Å²) in [6, 6.07) is 10.6. The van der Waals surface area contributed by atoms with Crippen molar-refractivity contribution in [1.29, 1.82) is 0 Å². The Morgan fingerprint density at radius 3 is 2.21 bits per heavy atom. The van der Waals surface area contributed by atoms with Crippen LogP contribution in [0.25, 0.3) is 0 Å². The maximum absolute atomic E-state index is 5.66. The molecule has 1 aliphatic rings. The van der Waals surface area contributed by atoms with Gasteiger partial charge in [0.15, 0.2) is 0 Å². The Labute approximate surface area is 86.1 Å². The molecule has 0 N–H and O–H groups in total. The molecule has 0 radical (unpaired) electrons. The first-order valence-electron chi connectivity index (χ1n) is 5.21. The highest BCUT2D eigenvalue weighted by molar-refractivity contribution is 5.26. The molecule has 1 aliphatic heterocycles. The lowest BCUT2D eigenvalue weighted by atomic mass is 9.81. The predicted molar refractivity (Wildman–Crippen MR) is 58.1 cm³/mol. The highest BCUT2D eigenvalue weighted by atomic mass is 16.6. The van der Waals surface area contributed by atoms with Crippen LogP contribution in [0, 0.1) is 5.41 Å². The fourth-order valence-electron chi connectivity index (χ4n) is 2.06. The fourth-order valence-corrected chi connectivity index (χ4v) is 2.06. The van der Waals surface area contributed by atoms with Gasteiger partial charge in [-0.3, -0.25) is 0 Å². The average Bonchev–Trinajstić information content (AvgIpc) is 2.85. The van der Waals surface area contributed by atoms with Crippen LogP contribution in [-0.4, -0.2) is 6.61 Å². The molecule has 1 fully saturated rings. The van der Waals surface area contributed by atoms with Crippen molar-refractivity contribution >= 4 is 0 Å². The lowest BCUT2D eigenvalue weighted by molar-refractivity contribution is 0.216. The van der Waals surface area contributed by atoms with Crippen LogP contribution in [0.2, 0.25) is 0 Å². The van der Waals surface area contributed by atoms with E-state index in [4.69, 9.17) is 4.74 Å². The van der Waals surface area contributed by atoms with E-state index >= 15 is 0 Å². The zero-order chi connectivity index (χ0) is 10.2. The van der Waals surface area contributed by atoms with Crippen molar-refractivity contribution in [2.45, 2.75) is 32.8 Å². The average molecular weight is 190 g/mol. The van der Waals surface area contributed by atoms with Gasteiger partial charge in [-0.25, -0.2) is 0 Å². The van der Waals surface area contributed by atoms with E-state index in [1.165, 1.54) is 5.56 Å². The number of hydrogen-bond donors (Lipinski definition) is 0. The van der Waals surface area contributed by atoms with E-state index in [0.717, 1.165) is 13.0 Å². The van der Waals surface area contributed by atoms with Crippen LogP contribution in [0.1, 0.15) is 32.8 Å². The molecule has 14 heavy (non-hydrogen) atoms. The van der Waals surface area contributed by atoms with E-state index < -0.39 is 0 Å². The molecule has 76 valence electrons. The Morgan fingerprint density at radius 1 is 1.21 bits per heavy atom. The summed E-state index contributed by atoms with van der Waals surface area (Å²) >= 11 is 0. The van der Waals surface area contributed by atoms with Gasteiger partial charge >= 0.3 is 0 Å². The number of rotatable bonds is 2. The Kier molecular flexibility index (Phi) is 2.15. The molecule has 1 atom stereocenters. The van der Waals surface area contributed by atoms with Crippen molar-refractivity contribution in [1.82, 2.24) is 0 Å². The van der Waals surface area contributed by atoms with Crippen molar-refractivity contribution in [3.63, 3.8) is 0 Å². The summed E-state index contributed by atoms with van der Waals surface area (Å²) in [4.78, 5) is 0. The molecule has 1 aromatic carbocycles. The fraction of sp³-hybridized carbons (Fsp3) is 0.538. The lowest BCUT2D eigenvalue weighted by Crippen LogP contribution is -2.18. The van der Waals surface area contributed by atoms with E-state index in [9.17, 15) is 0 Å². The largest absolute Gasteiger partial charge is 0.364 e. The topological polar surface area (TPSA) is 12.5 Å². The number of benzene rings is 1. The standard InChI is InChI=1S/C13H18O/c1-12(2,3)9-13(10-14-13)11-7-5-4-6-8-11/h4-8H,9-10H2,1-3H3. The van der Waals surface area contributed by atoms with Gasteiger partial charge in [-0.2, -0.15) is 0 Å². The van der Waals surface area contributed by atoms with Gasteiger partial charge in [0.05, 0.1) is 6.61 Å². The highest BCUT2D eigenvalue weighted by Crippen LogP contribution is 2.47. The first-order chi connectivity index (χ1) is 6.52. The van der Waals surface area contributed by atoms with Gasteiger partial charge < -0.3 is 4.74 Å². The molecule has 0 aromatic heterocycles. The summed E-state index contributed by atoms with van der Waals surface area (Å²) in [7, 11) is 0. The van der Waals surface area contributed by atoms with E-state index in [-0.39, 0.29) is 5.60 Å². The molecule has 1 unspecified atom stereocenters. The van der Waals surface area contributed by atoms with Gasteiger partial charge in [-0.1, -0.05) is 51.1 Å². The molecule has 2 rings (SSSR count). The zero-order valence-corrected chi connectivity index (χ0v) is 9.21. The van der Waals surface area contributed by atoms with Gasteiger partial charge in [-0.15, -0.1) is 0 Å². The van der Waals surface area contributed by atoms with E-state index in [1.54, 1.807) is 0 Å². The SMILES string of the molecule is CC(C)(C)CC1(c2ccccc2)CO1. The molecule has 0 bridgehead atoms. The Bertz CT molecular complexity index is 304. The van der Waals surface area contributed by atoms with Gasteiger partial charge in [0.1, 0.15) is 5.60 Å². The van der Waals surface area contributed by atoms with Crippen LogP contribution in [0.4, 0.5) is 0 Å². The number of hydrogen-bond acceptors (Lipinski definition) is 1. The highest BCUT2D eigenvalue weighted by Gasteiger charge is 2.48. The minimum atomic E-state index is 0.0273. The zero-order valence-electron chi connectivity index (χ0n) is 9.21. The van der Waals surface area contributed by atoms with Gasteiger partial charge in [0.25, 0.3) is 0 Å². The maximum atomic E-state index is 5.66. The molecule has 1 heteroatoms. The van der Waals surface area contributed by atoms with Gasteiger partial charge in [0, 0.05) is 0 Å². The van der Waals surface area contributed by atoms with Crippen molar-refractivity contribution in [2.24, 2.45) is 5.41 Å². The summed E-state index contributed by atoms with van der Waals surface area (Å²) in [6.45, 7) is 7.67. The molecule has 1 saturated heterocycles. The summed E-state index contributed by atoms with van der Waals surface area (Å²) in [5.41, 5.74) is 1.68. The minimum absolute atomic E-state index is 0.0273. The smallest absolute Gasteiger partial charge is 0.117 e. The number of ether oxygens (including phenoxy) is 1. The van der Waals surface area contributed by atoms with Crippen molar-refractivity contribution in [3.8, 4) is 0 Å². The molecular formula is C13H18O. The molecule has 1 heterocycles. The first kappa shape index (κ1) is 9.72. The molecule has 0 spiro atoms. The van der Waals surface area contributed by atoms with E-state index in [0.29, 0.717) is 5.41 Å². The monoisotopic (exact) mass is 190 g/mol. The second-order valence-corrected chi connectivity index (χ2v) is 5.39. The second kappa shape index (κ2) is 3.09. The maximum Gasteiger partial charge on any atom is 0.117 e. The third kappa shape index (κ3) is 1.98. The Balaban J connectivity index is 2.18. The molecule has 0 aliphatic carbocycles.